The Bertz CT molecular complexity index is 723. The van der Waals surface area contributed by atoms with E-state index in [0.29, 0.717) is 17.5 Å². The van der Waals surface area contributed by atoms with E-state index in [2.05, 4.69) is 27.4 Å². The zero-order valence-corrected chi connectivity index (χ0v) is 13.6. The predicted molar refractivity (Wildman–Crippen MR) is 88.5 cm³/mol. The van der Waals surface area contributed by atoms with E-state index in [1.54, 1.807) is 6.33 Å². The number of carbonyl (C=O) groups is 1. The Morgan fingerprint density at radius 2 is 2.32 bits per heavy atom. The first-order valence-corrected chi connectivity index (χ1v) is 8.35. The number of hydrogen-bond acceptors (Lipinski definition) is 6. The summed E-state index contributed by atoms with van der Waals surface area (Å²) in [4.78, 5) is 22.2. The molecule has 2 aromatic rings. The second kappa shape index (κ2) is 6.44. The SMILES string of the molecule is CCOC(=O)c1sc2ncnc(NC3CC=CCC3)c2c1C. The van der Waals surface area contributed by atoms with Crippen LogP contribution in [0.4, 0.5) is 5.82 Å². The summed E-state index contributed by atoms with van der Waals surface area (Å²) < 4.78 is 5.12. The minimum absolute atomic E-state index is 0.283. The maximum absolute atomic E-state index is 12.0. The molecule has 0 amide bonds. The molecule has 0 spiro atoms. The fraction of sp³-hybridized carbons (Fsp3) is 0.438. The van der Waals surface area contributed by atoms with Crippen LogP contribution in [-0.2, 0) is 4.74 Å². The number of fused-ring (bicyclic) bond motifs is 1. The molecule has 0 saturated carbocycles. The predicted octanol–water partition coefficient (Wildman–Crippen LogP) is 3.70. The number of aromatic nitrogens is 2. The van der Waals surface area contributed by atoms with E-state index in [1.807, 2.05) is 13.8 Å². The highest BCUT2D eigenvalue weighted by molar-refractivity contribution is 7.20. The van der Waals surface area contributed by atoms with Gasteiger partial charge in [0.05, 0.1) is 12.0 Å². The lowest BCUT2D eigenvalue weighted by atomic mass is 10.0. The largest absolute Gasteiger partial charge is 0.462 e. The van der Waals surface area contributed by atoms with Gasteiger partial charge in [-0.3, -0.25) is 0 Å². The maximum Gasteiger partial charge on any atom is 0.348 e. The number of esters is 1. The summed E-state index contributed by atoms with van der Waals surface area (Å²) in [6.45, 7) is 4.11. The molecule has 2 aromatic heterocycles. The van der Waals surface area contributed by atoms with Crippen LogP contribution in [0, 0.1) is 6.92 Å². The van der Waals surface area contributed by atoms with E-state index in [0.717, 1.165) is 40.9 Å². The van der Waals surface area contributed by atoms with Crippen LogP contribution in [0.5, 0.6) is 0 Å². The Kier molecular flexibility index (Phi) is 4.38. The monoisotopic (exact) mass is 317 g/mol. The Balaban J connectivity index is 1.97. The molecule has 0 bridgehead atoms. The lowest BCUT2D eigenvalue weighted by Gasteiger charge is -2.20. The van der Waals surface area contributed by atoms with Gasteiger partial charge >= 0.3 is 5.97 Å². The summed E-state index contributed by atoms with van der Waals surface area (Å²) in [5, 5.41) is 4.44. The van der Waals surface area contributed by atoms with Gasteiger partial charge in [-0.05, 0) is 38.7 Å². The normalized spacial score (nSPS) is 17.6. The Morgan fingerprint density at radius 3 is 3.05 bits per heavy atom. The number of aryl methyl sites for hydroxylation is 1. The summed E-state index contributed by atoms with van der Waals surface area (Å²) in [5.74, 6) is 0.532. The van der Waals surface area contributed by atoms with E-state index in [1.165, 1.54) is 11.3 Å². The van der Waals surface area contributed by atoms with Crippen molar-refractivity contribution < 1.29 is 9.53 Å². The third-order valence-corrected chi connectivity index (χ3v) is 4.98. The molecular weight excluding hydrogens is 298 g/mol. The summed E-state index contributed by atoms with van der Waals surface area (Å²) >= 11 is 1.37. The zero-order valence-electron chi connectivity index (χ0n) is 12.8. The highest BCUT2D eigenvalue weighted by Crippen LogP contribution is 2.34. The fourth-order valence-electron chi connectivity index (χ4n) is 2.69. The van der Waals surface area contributed by atoms with Gasteiger partial charge < -0.3 is 10.1 Å². The standard InChI is InChI=1S/C16H19N3O2S/c1-3-21-16(20)13-10(2)12-14(17-9-18-15(12)22-13)19-11-7-5-4-6-8-11/h4-5,9,11H,3,6-8H2,1-2H3,(H,17,18,19). The Hall–Kier alpha value is -1.95. The van der Waals surface area contributed by atoms with Crippen molar-refractivity contribution in [3.63, 3.8) is 0 Å². The van der Waals surface area contributed by atoms with Gasteiger partial charge in [-0.15, -0.1) is 11.3 Å². The van der Waals surface area contributed by atoms with E-state index < -0.39 is 0 Å². The molecule has 1 atom stereocenters. The van der Waals surface area contributed by atoms with Crippen molar-refractivity contribution in [2.45, 2.75) is 39.2 Å². The van der Waals surface area contributed by atoms with Crippen molar-refractivity contribution in [2.24, 2.45) is 0 Å². The number of allylic oxidation sites excluding steroid dienone is 1. The van der Waals surface area contributed by atoms with Gasteiger partial charge in [-0.2, -0.15) is 0 Å². The fourth-order valence-corrected chi connectivity index (χ4v) is 3.73. The molecule has 1 unspecified atom stereocenters. The first kappa shape index (κ1) is 15.0. The molecule has 1 N–H and O–H groups in total. The van der Waals surface area contributed by atoms with Gasteiger partial charge in [-0.25, -0.2) is 14.8 Å². The van der Waals surface area contributed by atoms with E-state index >= 15 is 0 Å². The zero-order chi connectivity index (χ0) is 15.5. The number of nitrogens with one attached hydrogen (secondary N) is 1. The van der Waals surface area contributed by atoms with Crippen LogP contribution >= 0.6 is 11.3 Å². The molecule has 5 nitrogen and oxygen atoms in total. The summed E-state index contributed by atoms with van der Waals surface area (Å²) in [5.41, 5.74) is 0.896. The highest BCUT2D eigenvalue weighted by Gasteiger charge is 2.21. The second-order valence-electron chi connectivity index (χ2n) is 5.30. The quantitative estimate of drug-likeness (QED) is 0.688. The Labute approximate surface area is 133 Å². The molecular formula is C16H19N3O2S. The third kappa shape index (κ3) is 2.83. The molecule has 116 valence electrons. The smallest absolute Gasteiger partial charge is 0.348 e. The van der Waals surface area contributed by atoms with Gasteiger partial charge in [0.15, 0.2) is 0 Å². The van der Waals surface area contributed by atoms with Gasteiger partial charge in [-0.1, -0.05) is 12.2 Å². The number of ether oxygens (including phenoxy) is 1. The molecule has 0 radical (unpaired) electrons. The van der Waals surface area contributed by atoms with Crippen LogP contribution in [-0.4, -0.2) is 28.6 Å². The van der Waals surface area contributed by atoms with E-state index in [-0.39, 0.29) is 5.97 Å². The number of rotatable bonds is 4. The van der Waals surface area contributed by atoms with E-state index in [4.69, 9.17) is 4.74 Å². The van der Waals surface area contributed by atoms with Gasteiger partial charge in [0.2, 0.25) is 0 Å². The molecule has 6 heteroatoms. The van der Waals surface area contributed by atoms with Crippen molar-refractivity contribution in [1.82, 2.24) is 9.97 Å². The van der Waals surface area contributed by atoms with Crippen molar-refractivity contribution in [2.75, 3.05) is 11.9 Å². The summed E-state index contributed by atoms with van der Waals surface area (Å²) in [6, 6.07) is 0.383. The Morgan fingerprint density at radius 1 is 1.45 bits per heavy atom. The minimum Gasteiger partial charge on any atom is -0.462 e. The number of anilines is 1. The lowest BCUT2D eigenvalue weighted by molar-refractivity contribution is 0.0531. The molecule has 3 rings (SSSR count). The maximum atomic E-state index is 12.0. The van der Waals surface area contributed by atoms with Gasteiger partial charge in [0.25, 0.3) is 0 Å². The van der Waals surface area contributed by atoms with Crippen LogP contribution in [0.25, 0.3) is 10.2 Å². The minimum atomic E-state index is -0.283. The van der Waals surface area contributed by atoms with Crippen LogP contribution in [0.3, 0.4) is 0 Å². The second-order valence-corrected chi connectivity index (χ2v) is 6.30. The first-order valence-electron chi connectivity index (χ1n) is 7.53. The van der Waals surface area contributed by atoms with Crippen LogP contribution in [0.15, 0.2) is 18.5 Å². The molecule has 0 fully saturated rings. The number of hydrogen-bond donors (Lipinski definition) is 1. The average molecular weight is 317 g/mol. The van der Waals surface area contributed by atoms with Crippen LogP contribution in [0.2, 0.25) is 0 Å². The molecule has 0 saturated heterocycles. The lowest BCUT2D eigenvalue weighted by Crippen LogP contribution is -2.21. The molecule has 0 aromatic carbocycles. The van der Waals surface area contributed by atoms with Crippen molar-refractivity contribution in [1.29, 1.82) is 0 Å². The van der Waals surface area contributed by atoms with E-state index in [9.17, 15) is 4.79 Å². The van der Waals surface area contributed by atoms with Gasteiger partial charge in [0.1, 0.15) is 21.9 Å². The van der Waals surface area contributed by atoms with Crippen LogP contribution < -0.4 is 5.32 Å². The molecule has 0 aliphatic heterocycles. The van der Waals surface area contributed by atoms with Crippen molar-refractivity contribution in [3.05, 3.63) is 28.9 Å². The molecule has 1 aliphatic carbocycles. The molecule has 1 aliphatic rings. The van der Waals surface area contributed by atoms with Gasteiger partial charge in [0, 0.05) is 6.04 Å². The highest BCUT2D eigenvalue weighted by atomic mass is 32.1. The topological polar surface area (TPSA) is 64.1 Å². The third-order valence-electron chi connectivity index (χ3n) is 3.80. The van der Waals surface area contributed by atoms with Crippen molar-refractivity contribution >= 4 is 33.3 Å². The number of thiophene rings is 1. The first-order chi connectivity index (χ1) is 10.7. The van der Waals surface area contributed by atoms with Crippen LogP contribution in [0.1, 0.15) is 41.4 Å². The summed E-state index contributed by atoms with van der Waals surface area (Å²) in [7, 11) is 0. The average Bonchev–Trinajstić information content (AvgIpc) is 2.87. The number of carbonyl (C=O) groups excluding carboxylic acids is 1. The molecule has 2 heterocycles. The summed E-state index contributed by atoms with van der Waals surface area (Å²) in [6.07, 6.45) is 9.14. The number of nitrogens with zero attached hydrogens (tertiary/aromatic N) is 2. The van der Waals surface area contributed by atoms with Crippen molar-refractivity contribution in [3.8, 4) is 0 Å². The molecule has 22 heavy (non-hydrogen) atoms.